The number of benzene rings is 1. The number of nitrogens with one attached hydrogen (secondary N) is 1. The molecule has 9 heteroatoms. The lowest BCUT2D eigenvalue weighted by molar-refractivity contribution is -0.131. The van der Waals surface area contributed by atoms with Crippen LogP contribution in [0.2, 0.25) is 0 Å². The number of rotatable bonds is 7. The Morgan fingerprint density at radius 2 is 2.00 bits per heavy atom. The number of anilines is 1. The monoisotopic (exact) mass is 384 g/mol. The molecule has 0 spiro atoms. The van der Waals surface area contributed by atoms with Crippen LogP contribution < -0.4 is 14.8 Å². The van der Waals surface area contributed by atoms with Crippen LogP contribution in [0.3, 0.4) is 0 Å². The minimum Gasteiger partial charge on any atom is -0.497 e. The van der Waals surface area contributed by atoms with Crippen LogP contribution in [-0.4, -0.2) is 63.4 Å². The Hall–Kier alpha value is -2.29. The highest BCUT2D eigenvalue weighted by molar-refractivity contribution is 7.91. The summed E-state index contributed by atoms with van der Waals surface area (Å²) in [5.41, 5.74) is 0.496. The Morgan fingerprint density at radius 1 is 1.27 bits per heavy atom. The maximum absolute atomic E-state index is 12.3. The molecule has 0 aliphatic carbocycles. The maximum atomic E-state index is 12.3. The van der Waals surface area contributed by atoms with E-state index in [9.17, 15) is 18.0 Å². The molecule has 0 aromatic heterocycles. The molecule has 2 amide bonds. The minimum atomic E-state index is -3.10. The summed E-state index contributed by atoms with van der Waals surface area (Å²) in [5, 5.41) is 2.74. The Bertz CT molecular complexity index is 777. The summed E-state index contributed by atoms with van der Waals surface area (Å²) < 4.78 is 33.6. The van der Waals surface area contributed by atoms with Gasteiger partial charge in [-0.3, -0.25) is 9.59 Å². The number of sulfone groups is 1. The largest absolute Gasteiger partial charge is 0.497 e. The molecule has 144 valence electrons. The van der Waals surface area contributed by atoms with E-state index in [4.69, 9.17) is 9.47 Å². The Kier molecular flexibility index (Phi) is 6.47. The predicted molar refractivity (Wildman–Crippen MR) is 97.2 cm³/mol. The van der Waals surface area contributed by atoms with E-state index < -0.39 is 9.84 Å². The number of methoxy groups -OCH3 is 2. The number of carbonyl (C=O) groups is 2. The Morgan fingerprint density at radius 3 is 2.54 bits per heavy atom. The molecule has 0 bridgehead atoms. The molecule has 2 rings (SSSR count). The second-order valence-electron chi connectivity index (χ2n) is 6.13. The third-order valence-corrected chi connectivity index (χ3v) is 6.07. The van der Waals surface area contributed by atoms with Crippen LogP contribution in [0.4, 0.5) is 5.69 Å². The highest BCUT2D eigenvalue weighted by atomic mass is 32.2. The molecule has 1 aliphatic heterocycles. The normalized spacial score (nSPS) is 18.2. The quantitative estimate of drug-likeness (QED) is 0.754. The van der Waals surface area contributed by atoms with E-state index in [0.717, 1.165) is 0 Å². The van der Waals surface area contributed by atoms with Crippen molar-refractivity contribution in [1.82, 2.24) is 4.90 Å². The smallest absolute Gasteiger partial charge is 0.226 e. The van der Waals surface area contributed by atoms with Crippen LogP contribution >= 0.6 is 0 Å². The van der Waals surface area contributed by atoms with Gasteiger partial charge in [-0.25, -0.2) is 8.42 Å². The van der Waals surface area contributed by atoms with Crippen molar-refractivity contribution in [2.75, 3.05) is 37.6 Å². The number of ether oxygens (including phenoxy) is 2. The lowest BCUT2D eigenvalue weighted by Crippen LogP contribution is -2.41. The fraction of sp³-hybridized carbons (Fsp3) is 0.529. The van der Waals surface area contributed by atoms with Gasteiger partial charge in [0.2, 0.25) is 11.8 Å². The summed E-state index contributed by atoms with van der Waals surface area (Å²) in [6.07, 6.45) is 0.473. The van der Waals surface area contributed by atoms with E-state index in [-0.39, 0.29) is 42.3 Å². The van der Waals surface area contributed by atoms with E-state index >= 15 is 0 Å². The van der Waals surface area contributed by atoms with Gasteiger partial charge < -0.3 is 19.7 Å². The highest BCUT2D eigenvalue weighted by Crippen LogP contribution is 2.29. The summed E-state index contributed by atoms with van der Waals surface area (Å²) in [5.74, 6) is 0.576. The van der Waals surface area contributed by atoms with Crippen LogP contribution in [0.5, 0.6) is 11.5 Å². The summed E-state index contributed by atoms with van der Waals surface area (Å²) >= 11 is 0. The lowest BCUT2D eigenvalue weighted by Gasteiger charge is -2.26. The van der Waals surface area contributed by atoms with Gasteiger partial charge in [0.05, 0.1) is 31.4 Å². The van der Waals surface area contributed by atoms with Crippen LogP contribution in [0.15, 0.2) is 18.2 Å². The first-order chi connectivity index (χ1) is 12.3. The summed E-state index contributed by atoms with van der Waals surface area (Å²) in [6, 6.07) is 4.66. The molecule has 1 N–H and O–H groups in total. The Labute approximate surface area is 153 Å². The van der Waals surface area contributed by atoms with E-state index in [0.29, 0.717) is 23.6 Å². The average molecular weight is 384 g/mol. The molecular weight excluding hydrogens is 360 g/mol. The van der Waals surface area contributed by atoms with Crippen molar-refractivity contribution >= 4 is 27.3 Å². The van der Waals surface area contributed by atoms with Gasteiger partial charge in [0.25, 0.3) is 0 Å². The molecule has 0 saturated carbocycles. The van der Waals surface area contributed by atoms with Crippen molar-refractivity contribution in [2.24, 2.45) is 0 Å². The molecule has 1 heterocycles. The second-order valence-corrected chi connectivity index (χ2v) is 8.36. The second kappa shape index (κ2) is 8.39. The van der Waals surface area contributed by atoms with Crippen molar-refractivity contribution in [3.63, 3.8) is 0 Å². The zero-order valence-electron chi connectivity index (χ0n) is 15.1. The van der Waals surface area contributed by atoms with Crippen LogP contribution in [0, 0.1) is 0 Å². The van der Waals surface area contributed by atoms with Gasteiger partial charge in [0.1, 0.15) is 11.5 Å². The van der Waals surface area contributed by atoms with Crippen LogP contribution in [-0.2, 0) is 19.4 Å². The molecule has 0 radical (unpaired) electrons. The zero-order chi connectivity index (χ0) is 19.3. The average Bonchev–Trinajstić information content (AvgIpc) is 2.94. The van der Waals surface area contributed by atoms with Crippen molar-refractivity contribution in [3.05, 3.63) is 18.2 Å². The van der Waals surface area contributed by atoms with Crippen LogP contribution in [0.25, 0.3) is 0 Å². The minimum absolute atomic E-state index is 0.0412. The molecule has 26 heavy (non-hydrogen) atoms. The van der Waals surface area contributed by atoms with Gasteiger partial charge in [-0.15, -0.1) is 0 Å². The van der Waals surface area contributed by atoms with Crippen molar-refractivity contribution in [1.29, 1.82) is 0 Å². The topological polar surface area (TPSA) is 102 Å². The SMILES string of the molecule is COc1ccc(NC(=O)CCN(C(C)=O)C2CCS(=O)(=O)C2)c(OC)c1. The number of carbonyl (C=O) groups excluding carboxylic acids is 2. The third-order valence-electron chi connectivity index (χ3n) is 4.32. The van der Waals surface area contributed by atoms with E-state index in [1.54, 1.807) is 18.2 Å². The third kappa shape index (κ3) is 5.10. The number of nitrogens with zero attached hydrogens (tertiary/aromatic N) is 1. The number of amides is 2. The van der Waals surface area contributed by atoms with Gasteiger partial charge in [0.15, 0.2) is 9.84 Å². The standard InChI is InChI=1S/C17H24N2O6S/c1-12(20)19(13-7-9-26(22,23)11-13)8-6-17(21)18-15-5-4-14(24-2)10-16(15)25-3/h4-5,10,13H,6-9,11H2,1-3H3,(H,18,21). The molecular formula is C17H24N2O6S. The summed E-state index contributed by atoms with van der Waals surface area (Å²) in [6.45, 7) is 1.55. The molecule has 8 nitrogen and oxygen atoms in total. The Balaban J connectivity index is 1.97. The van der Waals surface area contributed by atoms with Crippen LogP contribution in [0.1, 0.15) is 19.8 Å². The van der Waals surface area contributed by atoms with Gasteiger partial charge in [-0.2, -0.15) is 0 Å². The lowest BCUT2D eigenvalue weighted by atomic mass is 10.2. The first-order valence-electron chi connectivity index (χ1n) is 8.25. The fourth-order valence-corrected chi connectivity index (χ4v) is 4.69. The van der Waals surface area contributed by atoms with E-state index in [2.05, 4.69) is 5.32 Å². The summed E-state index contributed by atoms with van der Waals surface area (Å²) in [4.78, 5) is 25.6. The first-order valence-corrected chi connectivity index (χ1v) is 10.1. The van der Waals surface area contributed by atoms with Crippen molar-refractivity contribution in [2.45, 2.75) is 25.8 Å². The number of hydrogen-bond acceptors (Lipinski definition) is 6. The summed E-state index contributed by atoms with van der Waals surface area (Å²) in [7, 11) is -0.0767. The molecule has 1 unspecified atom stereocenters. The number of hydrogen-bond donors (Lipinski definition) is 1. The molecule has 1 saturated heterocycles. The molecule has 1 aliphatic rings. The van der Waals surface area contributed by atoms with Gasteiger partial charge in [-0.05, 0) is 18.6 Å². The van der Waals surface area contributed by atoms with Crippen molar-refractivity contribution < 1.29 is 27.5 Å². The van der Waals surface area contributed by atoms with Gasteiger partial charge >= 0.3 is 0 Å². The van der Waals surface area contributed by atoms with Gasteiger partial charge in [-0.1, -0.05) is 0 Å². The first kappa shape index (κ1) is 20.0. The highest BCUT2D eigenvalue weighted by Gasteiger charge is 2.33. The van der Waals surface area contributed by atoms with Gasteiger partial charge in [0, 0.05) is 32.0 Å². The molecule has 1 atom stereocenters. The van der Waals surface area contributed by atoms with E-state index in [1.807, 2.05) is 0 Å². The zero-order valence-corrected chi connectivity index (χ0v) is 16.0. The maximum Gasteiger partial charge on any atom is 0.226 e. The predicted octanol–water partition coefficient (Wildman–Crippen LogP) is 1.07. The van der Waals surface area contributed by atoms with E-state index in [1.165, 1.54) is 26.0 Å². The fourth-order valence-electron chi connectivity index (χ4n) is 2.95. The molecule has 1 aromatic rings. The van der Waals surface area contributed by atoms with Crippen molar-refractivity contribution in [3.8, 4) is 11.5 Å². The molecule has 1 fully saturated rings. The molecule has 1 aromatic carbocycles.